The van der Waals surface area contributed by atoms with Gasteiger partial charge in [0.15, 0.2) is 0 Å². The van der Waals surface area contributed by atoms with Crippen LogP contribution >= 0.6 is 11.8 Å². The molecule has 1 fully saturated rings. The Hall–Kier alpha value is -0.920. The molecule has 1 aromatic carbocycles. The third kappa shape index (κ3) is 3.64. The van der Waals surface area contributed by atoms with Crippen LogP contribution in [0.2, 0.25) is 0 Å². The van der Waals surface area contributed by atoms with Crippen LogP contribution < -0.4 is 11.1 Å². The van der Waals surface area contributed by atoms with E-state index in [0.29, 0.717) is 5.69 Å². The summed E-state index contributed by atoms with van der Waals surface area (Å²) >= 11 is 1.98. The molecule has 1 saturated heterocycles. The molecule has 7 heteroatoms. The molecule has 0 bridgehead atoms. The van der Waals surface area contributed by atoms with Gasteiger partial charge in [-0.25, -0.2) is 12.7 Å². The van der Waals surface area contributed by atoms with Gasteiger partial charge in [0, 0.05) is 25.4 Å². The molecule has 1 aliphatic heterocycles. The van der Waals surface area contributed by atoms with Gasteiger partial charge in [-0.3, -0.25) is 0 Å². The maximum absolute atomic E-state index is 12.1. The van der Waals surface area contributed by atoms with E-state index in [9.17, 15) is 8.42 Å². The second kappa shape index (κ2) is 6.06. The number of nitrogens with zero attached hydrogens (tertiary/aromatic N) is 1. The summed E-state index contributed by atoms with van der Waals surface area (Å²) in [6.07, 6.45) is 2.44. The van der Waals surface area contributed by atoms with Gasteiger partial charge in [0.2, 0.25) is 10.0 Å². The fourth-order valence-corrected chi connectivity index (χ4v) is 4.51. The highest BCUT2D eigenvalue weighted by molar-refractivity contribution is 8.00. The summed E-state index contributed by atoms with van der Waals surface area (Å²) in [5.74, 6) is 1.20. The van der Waals surface area contributed by atoms with Crippen LogP contribution in [0.4, 0.5) is 11.4 Å². The first-order chi connectivity index (χ1) is 9.74. The van der Waals surface area contributed by atoms with Crippen LogP contribution in [0.5, 0.6) is 0 Å². The fourth-order valence-electron chi connectivity index (χ4n) is 2.33. The molecule has 0 amide bonds. The van der Waals surface area contributed by atoms with Gasteiger partial charge in [-0.05, 0) is 43.7 Å². The molecule has 0 aromatic heterocycles. The van der Waals surface area contributed by atoms with E-state index >= 15 is 0 Å². The van der Waals surface area contributed by atoms with Gasteiger partial charge in [0.1, 0.15) is 0 Å². The summed E-state index contributed by atoms with van der Waals surface area (Å²) in [5.41, 5.74) is 7.25. The normalized spacial score (nSPS) is 22.7. The van der Waals surface area contributed by atoms with E-state index in [1.54, 1.807) is 12.1 Å². The van der Waals surface area contributed by atoms with Gasteiger partial charge in [-0.15, -0.1) is 0 Å². The van der Waals surface area contributed by atoms with Crippen LogP contribution in [-0.4, -0.2) is 43.9 Å². The topological polar surface area (TPSA) is 75.4 Å². The minimum absolute atomic E-state index is 0.219. The van der Waals surface area contributed by atoms with Crippen molar-refractivity contribution in [3.63, 3.8) is 0 Å². The number of nitrogens with one attached hydrogen (secondary N) is 1. The van der Waals surface area contributed by atoms with Gasteiger partial charge < -0.3 is 11.1 Å². The lowest BCUT2D eigenvalue weighted by molar-refractivity contribution is 0.521. The molecular formula is C14H23N3O2S2. The van der Waals surface area contributed by atoms with E-state index in [1.165, 1.54) is 43.1 Å². The summed E-state index contributed by atoms with van der Waals surface area (Å²) in [4.78, 5) is 0.219. The lowest BCUT2D eigenvalue weighted by Crippen LogP contribution is -2.27. The molecule has 0 aliphatic carbocycles. The van der Waals surface area contributed by atoms with Crippen LogP contribution in [0.1, 0.15) is 19.8 Å². The van der Waals surface area contributed by atoms with Crippen LogP contribution in [0, 0.1) is 0 Å². The zero-order valence-corrected chi connectivity index (χ0v) is 14.4. The van der Waals surface area contributed by atoms with Gasteiger partial charge in [-0.2, -0.15) is 11.8 Å². The molecule has 3 N–H and O–H groups in total. The van der Waals surface area contributed by atoms with E-state index in [2.05, 4.69) is 12.2 Å². The molecule has 0 saturated carbocycles. The summed E-state index contributed by atoms with van der Waals surface area (Å²) in [6, 6.07) is 4.86. The number of rotatable bonds is 5. The van der Waals surface area contributed by atoms with Crippen molar-refractivity contribution in [3.05, 3.63) is 18.2 Å². The molecule has 1 unspecified atom stereocenters. The summed E-state index contributed by atoms with van der Waals surface area (Å²) in [6.45, 7) is 3.08. The largest absolute Gasteiger partial charge is 0.397 e. The zero-order valence-electron chi connectivity index (χ0n) is 12.7. The van der Waals surface area contributed by atoms with E-state index < -0.39 is 10.0 Å². The fraction of sp³-hybridized carbons (Fsp3) is 0.571. The zero-order chi connectivity index (χ0) is 15.7. The van der Waals surface area contributed by atoms with Crippen molar-refractivity contribution in [3.8, 4) is 0 Å². The number of thioether (sulfide) groups is 1. The SMILES string of the molecule is CN(C)S(=O)(=O)c1ccc(NCC2(C)CCCS2)c(N)c1. The Morgan fingerprint density at radius 2 is 2.14 bits per heavy atom. The molecule has 21 heavy (non-hydrogen) atoms. The maximum atomic E-state index is 12.1. The Labute approximate surface area is 131 Å². The van der Waals surface area contributed by atoms with Crippen molar-refractivity contribution < 1.29 is 8.42 Å². The Kier molecular flexibility index (Phi) is 4.75. The van der Waals surface area contributed by atoms with Crippen molar-refractivity contribution in [2.75, 3.05) is 37.4 Å². The van der Waals surface area contributed by atoms with Crippen molar-refractivity contribution in [1.82, 2.24) is 4.31 Å². The molecular weight excluding hydrogens is 306 g/mol. The first-order valence-electron chi connectivity index (χ1n) is 6.94. The minimum Gasteiger partial charge on any atom is -0.397 e. The second-order valence-corrected chi connectivity index (χ2v) is 9.63. The summed E-state index contributed by atoms with van der Waals surface area (Å²) in [7, 11) is -0.418. The Morgan fingerprint density at radius 1 is 1.43 bits per heavy atom. The van der Waals surface area contributed by atoms with Crippen molar-refractivity contribution in [1.29, 1.82) is 0 Å². The van der Waals surface area contributed by atoms with Crippen LogP contribution in [0.15, 0.2) is 23.1 Å². The summed E-state index contributed by atoms with van der Waals surface area (Å²) in [5, 5.41) is 3.35. The van der Waals surface area contributed by atoms with E-state index in [1.807, 2.05) is 11.8 Å². The van der Waals surface area contributed by atoms with Gasteiger partial charge in [0.05, 0.1) is 16.3 Å². The smallest absolute Gasteiger partial charge is 0.242 e. The van der Waals surface area contributed by atoms with E-state index in [0.717, 1.165) is 12.2 Å². The van der Waals surface area contributed by atoms with Crippen molar-refractivity contribution in [2.45, 2.75) is 29.4 Å². The van der Waals surface area contributed by atoms with Gasteiger partial charge in [-0.1, -0.05) is 0 Å². The molecule has 0 radical (unpaired) electrons. The summed E-state index contributed by atoms with van der Waals surface area (Å²) < 4.78 is 25.5. The highest BCUT2D eigenvalue weighted by Crippen LogP contribution is 2.38. The Bertz CT molecular complexity index is 609. The third-order valence-electron chi connectivity index (χ3n) is 3.75. The predicted molar refractivity (Wildman–Crippen MR) is 90.3 cm³/mol. The molecule has 118 valence electrons. The third-order valence-corrected chi connectivity index (χ3v) is 7.10. The molecule has 1 heterocycles. The Balaban J connectivity index is 2.13. The number of sulfonamides is 1. The molecule has 1 atom stereocenters. The molecule has 2 rings (SSSR count). The standard InChI is InChI=1S/C14H23N3O2S2/c1-14(7-4-8-20-14)10-16-13-6-5-11(9-12(13)15)21(18,19)17(2)3/h5-6,9,16H,4,7-8,10,15H2,1-3H3. The molecule has 1 aromatic rings. The van der Waals surface area contributed by atoms with Gasteiger partial charge in [0.25, 0.3) is 0 Å². The number of hydrogen-bond acceptors (Lipinski definition) is 5. The minimum atomic E-state index is -3.44. The number of hydrogen-bond donors (Lipinski definition) is 2. The molecule has 5 nitrogen and oxygen atoms in total. The number of benzene rings is 1. The van der Waals surface area contributed by atoms with E-state index in [4.69, 9.17) is 5.73 Å². The average molecular weight is 329 g/mol. The maximum Gasteiger partial charge on any atom is 0.242 e. The average Bonchev–Trinajstić information content (AvgIpc) is 2.84. The number of nitrogens with two attached hydrogens (primary N) is 1. The number of nitrogen functional groups attached to an aromatic ring is 1. The molecule has 0 spiro atoms. The monoisotopic (exact) mass is 329 g/mol. The number of anilines is 2. The predicted octanol–water partition coefficient (Wildman–Crippen LogP) is 2.22. The second-order valence-electron chi connectivity index (χ2n) is 5.79. The van der Waals surface area contributed by atoms with E-state index in [-0.39, 0.29) is 9.64 Å². The quantitative estimate of drug-likeness (QED) is 0.810. The van der Waals surface area contributed by atoms with Crippen molar-refractivity contribution in [2.24, 2.45) is 0 Å². The lowest BCUT2D eigenvalue weighted by Gasteiger charge is -2.24. The Morgan fingerprint density at radius 3 is 2.67 bits per heavy atom. The highest BCUT2D eigenvalue weighted by atomic mass is 32.2. The molecule has 1 aliphatic rings. The van der Waals surface area contributed by atoms with Crippen LogP contribution in [0.3, 0.4) is 0 Å². The first-order valence-corrected chi connectivity index (χ1v) is 9.37. The van der Waals surface area contributed by atoms with Crippen LogP contribution in [-0.2, 0) is 10.0 Å². The van der Waals surface area contributed by atoms with Crippen molar-refractivity contribution >= 4 is 33.2 Å². The first kappa shape index (κ1) is 16.5. The van der Waals surface area contributed by atoms with Gasteiger partial charge >= 0.3 is 0 Å². The van der Waals surface area contributed by atoms with Crippen LogP contribution in [0.25, 0.3) is 0 Å². The lowest BCUT2D eigenvalue weighted by atomic mass is 10.1. The highest BCUT2D eigenvalue weighted by Gasteiger charge is 2.29.